The van der Waals surface area contributed by atoms with E-state index in [2.05, 4.69) is 24.1 Å². The fourth-order valence-corrected chi connectivity index (χ4v) is 3.47. The fraction of sp³-hybridized carbons (Fsp3) is 0.625. The first kappa shape index (κ1) is 15.7. The fourth-order valence-electron chi connectivity index (χ4n) is 3.19. The number of benzene rings is 1. The van der Waals surface area contributed by atoms with Gasteiger partial charge in [-0.25, -0.2) is 4.39 Å². The van der Waals surface area contributed by atoms with Gasteiger partial charge in [0.1, 0.15) is 5.82 Å². The average molecular weight is 299 g/mol. The molecule has 0 amide bonds. The third-order valence-corrected chi connectivity index (χ3v) is 4.45. The van der Waals surface area contributed by atoms with Crippen LogP contribution in [0.4, 0.5) is 4.39 Å². The second kappa shape index (κ2) is 7.39. The lowest BCUT2D eigenvalue weighted by molar-refractivity contribution is 0.123. The highest BCUT2D eigenvalue weighted by Gasteiger charge is 2.30. The van der Waals surface area contributed by atoms with E-state index in [1.54, 1.807) is 12.1 Å². The van der Waals surface area contributed by atoms with E-state index < -0.39 is 0 Å². The van der Waals surface area contributed by atoms with Gasteiger partial charge in [-0.2, -0.15) is 0 Å². The second-order valence-electron chi connectivity index (χ2n) is 5.63. The Hall–Kier alpha value is -0.640. The Morgan fingerprint density at radius 1 is 1.35 bits per heavy atom. The normalized spacial score (nSPS) is 19.8. The highest BCUT2D eigenvalue weighted by molar-refractivity contribution is 6.31. The number of nitrogens with one attached hydrogen (secondary N) is 1. The molecule has 1 fully saturated rings. The maximum Gasteiger partial charge on any atom is 0.129 e. The molecule has 1 aromatic rings. The zero-order valence-corrected chi connectivity index (χ0v) is 13.1. The molecule has 2 nitrogen and oxygen atoms in total. The molecule has 0 saturated carbocycles. The molecule has 4 heteroatoms. The van der Waals surface area contributed by atoms with Crippen LogP contribution in [0.3, 0.4) is 0 Å². The van der Waals surface area contributed by atoms with Gasteiger partial charge in [-0.3, -0.25) is 4.90 Å². The Balaban J connectivity index is 2.34. The van der Waals surface area contributed by atoms with Crippen LogP contribution in [-0.2, 0) is 0 Å². The van der Waals surface area contributed by atoms with Crippen LogP contribution in [0.25, 0.3) is 0 Å². The Bertz CT molecular complexity index is 412. The number of nitrogens with zero attached hydrogens (tertiary/aromatic N) is 1. The molecule has 0 bridgehead atoms. The smallest absolute Gasteiger partial charge is 0.129 e. The standard InChI is InChI=1S/C16H24ClFN2/c1-3-5-12(2)16(20-10-8-19-9-11-20)15-13(17)6-4-7-14(15)18/h4,6-7,12,16,19H,3,5,8-11H2,1-2H3/t12?,16-/m0/s1. The summed E-state index contributed by atoms with van der Waals surface area (Å²) in [6.07, 6.45) is 2.19. The molecule has 0 aliphatic carbocycles. The highest BCUT2D eigenvalue weighted by atomic mass is 35.5. The van der Waals surface area contributed by atoms with Gasteiger partial charge in [0.2, 0.25) is 0 Å². The Labute approximate surface area is 126 Å². The van der Waals surface area contributed by atoms with Crippen LogP contribution < -0.4 is 5.32 Å². The summed E-state index contributed by atoms with van der Waals surface area (Å²) in [4.78, 5) is 2.38. The highest BCUT2D eigenvalue weighted by Crippen LogP contribution is 2.37. The van der Waals surface area contributed by atoms with Crippen LogP contribution >= 0.6 is 11.6 Å². The molecule has 112 valence electrons. The van der Waals surface area contributed by atoms with Crippen molar-refractivity contribution in [2.75, 3.05) is 26.2 Å². The van der Waals surface area contributed by atoms with Gasteiger partial charge < -0.3 is 5.32 Å². The predicted molar refractivity (Wildman–Crippen MR) is 82.7 cm³/mol. The molecule has 1 unspecified atom stereocenters. The van der Waals surface area contributed by atoms with Crippen LogP contribution in [0.1, 0.15) is 38.3 Å². The number of hydrogen-bond acceptors (Lipinski definition) is 2. The van der Waals surface area contributed by atoms with Gasteiger partial charge in [0.15, 0.2) is 0 Å². The molecular formula is C16H24ClFN2. The SMILES string of the molecule is CCCC(C)[C@@H](c1c(F)cccc1Cl)N1CCNCC1. The molecule has 1 saturated heterocycles. The molecule has 0 aromatic heterocycles. The quantitative estimate of drug-likeness (QED) is 0.888. The second-order valence-corrected chi connectivity index (χ2v) is 6.04. The largest absolute Gasteiger partial charge is 0.314 e. The van der Waals surface area contributed by atoms with Crippen LogP contribution in [-0.4, -0.2) is 31.1 Å². The van der Waals surface area contributed by atoms with Gasteiger partial charge in [0.05, 0.1) is 0 Å². The average Bonchev–Trinajstić information content (AvgIpc) is 2.44. The maximum absolute atomic E-state index is 14.3. The van der Waals surface area contributed by atoms with E-state index in [1.165, 1.54) is 6.07 Å². The summed E-state index contributed by atoms with van der Waals surface area (Å²) >= 11 is 6.31. The van der Waals surface area contributed by atoms with E-state index in [-0.39, 0.29) is 11.9 Å². The summed E-state index contributed by atoms with van der Waals surface area (Å²) in [6, 6.07) is 5.08. The minimum absolute atomic E-state index is 0.0748. The van der Waals surface area contributed by atoms with Crippen molar-refractivity contribution in [1.82, 2.24) is 10.2 Å². The van der Waals surface area contributed by atoms with Crippen LogP contribution in [0.5, 0.6) is 0 Å². The number of halogens is 2. The van der Waals surface area contributed by atoms with Crippen LogP contribution in [0.15, 0.2) is 18.2 Å². The van der Waals surface area contributed by atoms with E-state index >= 15 is 0 Å². The van der Waals surface area contributed by atoms with E-state index in [9.17, 15) is 4.39 Å². The molecular weight excluding hydrogens is 275 g/mol. The molecule has 1 aromatic carbocycles. The first-order valence-electron chi connectivity index (χ1n) is 7.53. The monoisotopic (exact) mass is 298 g/mol. The Morgan fingerprint density at radius 3 is 2.65 bits per heavy atom. The summed E-state index contributed by atoms with van der Waals surface area (Å²) in [5.41, 5.74) is 0.678. The molecule has 20 heavy (non-hydrogen) atoms. The van der Waals surface area contributed by atoms with Gasteiger partial charge in [-0.15, -0.1) is 0 Å². The lowest BCUT2D eigenvalue weighted by Gasteiger charge is -2.39. The molecule has 1 aliphatic heterocycles. The molecule has 1 aliphatic rings. The topological polar surface area (TPSA) is 15.3 Å². The van der Waals surface area contributed by atoms with Crippen molar-refractivity contribution in [3.63, 3.8) is 0 Å². The van der Waals surface area contributed by atoms with E-state index in [1.807, 2.05) is 0 Å². The number of piperazine rings is 1. The lowest BCUT2D eigenvalue weighted by atomic mass is 9.89. The first-order valence-corrected chi connectivity index (χ1v) is 7.91. The minimum Gasteiger partial charge on any atom is -0.314 e. The zero-order valence-electron chi connectivity index (χ0n) is 12.3. The third-order valence-electron chi connectivity index (χ3n) is 4.12. The number of hydrogen-bond donors (Lipinski definition) is 1. The van der Waals surface area contributed by atoms with Gasteiger partial charge in [0, 0.05) is 42.8 Å². The maximum atomic E-state index is 14.3. The lowest BCUT2D eigenvalue weighted by Crippen LogP contribution is -2.47. The van der Waals surface area contributed by atoms with Crippen molar-refractivity contribution in [2.24, 2.45) is 5.92 Å². The van der Waals surface area contributed by atoms with E-state index in [0.29, 0.717) is 16.5 Å². The third kappa shape index (κ3) is 3.51. The van der Waals surface area contributed by atoms with Crippen molar-refractivity contribution in [2.45, 2.75) is 32.7 Å². The predicted octanol–water partition coefficient (Wildman–Crippen LogP) is 3.86. The first-order chi connectivity index (χ1) is 9.65. The summed E-state index contributed by atoms with van der Waals surface area (Å²) in [5.74, 6) is 0.219. The molecule has 1 N–H and O–H groups in total. The van der Waals surface area contributed by atoms with Gasteiger partial charge in [-0.1, -0.05) is 37.9 Å². The van der Waals surface area contributed by atoms with Crippen molar-refractivity contribution < 1.29 is 4.39 Å². The summed E-state index contributed by atoms with van der Waals surface area (Å²) in [7, 11) is 0. The van der Waals surface area contributed by atoms with Crippen molar-refractivity contribution in [1.29, 1.82) is 0 Å². The van der Waals surface area contributed by atoms with Crippen molar-refractivity contribution in [3.05, 3.63) is 34.6 Å². The van der Waals surface area contributed by atoms with E-state index in [4.69, 9.17) is 11.6 Å². The van der Waals surface area contributed by atoms with Gasteiger partial charge in [0.25, 0.3) is 0 Å². The van der Waals surface area contributed by atoms with Gasteiger partial charge >= 0.3 is 0 Å². The summed E-state index contributed by atoms with van der Waals surface area (Å²) in [5, 5.41) is 3.91. The van der Waals surface area contributed by atoms with E-state index in [0.717, 1.165) is 39.0 Å². The molecule has 0 radical (unpaired) electrons. The van der Waals surface area contributed by atoms with Crippen LogP contribution in [0.2, 0.25) is 5.02 Å². The Kier molecular flexibility index (Phi) is 5.82. The van der Waals surface area contributed by atoms with Crippen molar-refractivity contribution >= 4 is 11.6 Å². The van der Waals surface area contributed by atoms with Gasteiger partial charge in [-0.05, 0) is 24.5 Å². The summed E-state index contributed by atoms with van der Waals surface area (Å²) < 4.78 is 14.3. The molecule has 0 spiro atoms. The Morgan fingerprint density at radius 2 is 2.05 bits per heavy atom. The zero-order chi connectivity index (χ0) is 14.5. The molecule has 2 atom stereocenters. The summed E-state index contributed by atoms with van der Waals surface area (Å²) in [6.45, 7) is 8.20. The minimum atomic E-state index is -0.177. The molecule has 1 heterocycles. The number of rotatable bonds is 5. The van der Waals surface area contributed by atoms with Crippen LogP contribution in [0, 0.1) is 11.7 Å². The van der Waals surface area contributed by atoms with Crippen molar-refractivity contribution in [3.8, 4) is 0 Å². The molecule has 2 rings (SSSR count).